The van der Waals surface area contributed by atoms with Crippen LogP contribution in [0.15, 0.2) is 48.5 Å². The number of nitrogens with two attached hydrogens (primary N) is 1. The minimum Gasteiger partial charge on any atom is -0.369 e. The quantitative estimate of drug-likeness (QED) is 0.828. The molecule has 1 atom stereocenters. The first kappa shape index (κ1) is 19.2. The topological polar surface area (TPSA) is 49.6 Å². The standard InChI is InChI=1S/C19H19F4N3O/c20-15-6-4-13(5-7-15)17(18(24)27)26-10-8-25(9-11-26)16-3-1-2-14(12-16)19(21,22)23/h1-7,12,17H,8-11H2,(H2,24,27). The van der Waals surface area contributed by atoms with E-state index in [1.54, 1.807) is 6.07 Å². The molecule has 1 unspecified atom stereocenters. The molecule has 2 N–H and O–H groups in total. The van der Waals surface area contributed by atoms with Gasteiger partial charge in [0.2, 0.25) is 5.91 Å². The lowest BCUT2D eigenvalue weighted by molar-refractivity contribution is -0.137. The molecule has 2 aromatic carbocycles. The Bertz CT molecular complexity index is 799. The van der Waals surface area contributed by atoms with E-state index >= 15 is 0 Å². The number of carbonyl (C=O) groups is 1. The Morgan fingerprint density at radius 2 is 1.63 bits per heavy atom. The number of hydrogen-bond donors (Lipinski definition) is 1. The minimum atomic E-state index is -4.39. The maximum atomic E-state index is 13.1. The van der Waals surface area contributed by atoms with E-state index in [9.17, 15) is 22.4 Å². The van der Waals surface area contributed by atoms with E-state index in [0.717, 1.165) is 12.1 Å². The largest absolute Gasteiger partial charge is 0.416 e. The Morgan fingerprint density at radius 3 is 2.19 bits per heavy atom. The molecule has 3 rings (SSSR count). The molecule has 0 saturated carbocycles. The van der Waals surface area contributed by atoms with Gasteiger partial charge in [0.1, 0.15) is 11.9 Å². The molecule has 2 aromatic rings. The van der Waals surface area contributed by atoms with Crippen molar-refractivity contribution in [3.63, 3.8) is 0 Å². The molecule has 0 aromatic heterocycles. The smallest absolute Gasteiger partial charge is 0.369 e. The van der Waals surface area contributed by atoms with Crippen LogP contribution in [0.25, 0.3) is 0 Å². The zero-order valence-corrected chi connectivity index (χ0v) is 14.4. The number of primary amides is 1. The van der Waals surface area contributed by atoms with Crippen molar-refractivity contribution in [1.82, 2.24) is 4.90 Å². The molecule has 4 nitrogen and oxygen atoms in total. The van der Waals surface area contributed by atoms with Gasteiger partial charge in [-0.2, -0.15) is 13.2 Å². The average Bonchev–Trinajstić information content (AvgIpc) is 2.63. The molecule has 0 aliphatic carbocycles. The summed E-state index contributed by atoms with van der Waals surface area (Å²) in [6.45, 7) is 1.79. The molecule has 1 aliphatic heterocycles. The highest BCUT2D eigenvalue weighted by Crippen LogP contribution is 2.32. The maximum Gasteiger partial charge on any atom is 0.416 e. The van der Waals surface area contributed by atoms with Gasteiger partial charge in [-0.15, -0.1) is 0 Å². The molecule has 1 amide bonds. The SMILES string of the molecule is NC(=O)C(c1ccc(F)cc1)N1CCN(c2cccc(C(F)(F)F)c2)CC1. The van der Waals surface area contributed by atoms with Crippen LogP contribution in [0.5, 0.6) is 0 Å². The van der Waals surface area contributed by atoms with Crippen molar-refractivity contribution in [2.24, 2.45) is 5.73 Å². The lowest BCUT2D eigenvalue weighted by Crippen LogP contribution is -2.50. The molecule has 1 fully saturated rings. The summed E-state index contributed by atoms with van der Waals surface area (Å²) in [5.74, 6) is -0.953. The van der Waals surface area contributed by atoms with Crippen molar-refractivity contribution in [2.75, 3.05) is 31.1 Å². The number of amides is 1. The third-order valence-electron chi connectivity index (χ3n) is 4.67. The summed E-state index contributed by atoms with van der Waals surface area (Å²) in [7, 11) is 0. The van der Waals surface area contributed by atoms with Gasteiger partial charge in [0.25, 0.3) is 0 Å². The lowest BCUT2D eigenvalue weighted by Gasteiger charge is -2.39. The number of piperazine rings is 1. The molecule has 0 spiro atoms. The lowest BCUT2D eigenvalue weighted by atomic mass is 10.0. The van der Waals surface area contributed by atoms with Gasteiger partial charge in [-0.1, -0.05) is 18.2 Å². The number of hydrogen-bond acceptors (Lipinski definition) is 3. The van der Waals surface area contributed by atoms with Crippen LogP contribution in [-0.4, -0.2) is 37.0 Å². The number of halogens is 4. The fraction of sp³-hybridized carbons (Fsp3) is 0.316. The number of anilines is 1. The highest BCUT2D eigenvalue weighted by molar-refractivity contribution is 5.81. The highest BCUT2D eigenvalue weighted by atomic mass is 19.4. The van der Waals surface area contributed by atoms with E-state index in [-0.39, 0.29) is 0 Å². The van der Waals surface area contributed by atoms with Gasteiger partial charge in [-0.05, 0) is 35.9 Å². The third-order valence-corrected chi connectivity index (χ3v) is 4.67. The fourth-order valence-electron chi connectivity index (χ4n) is 3.32. The van der Waals surface area contributed by atoms with E-state index < -0.39 is 29.5 Å². The van der Waals surface area contributed by atoms with Crippen molar-refractivity contribution >= 4 is 11.6 Å². The van der Waals surface area contributed by atoms with Crippen molar-refractivity contribution in [3.05, 3.63) is 65.5 Å². The molecule has 0 radical (unpaired) electrons. The number of nitrogens with zero attached hydrogens (tertiary/aromatic N) is 2. The third kappa shape index (κ3) is 4.39. The van der Waals surface area contributed by atoms with Gasteiger partial charge in [0.05, 0.1) is 5.56 Å². The first-order chi connectivity index (χ1) is 12.8. The molecular weight excluding hydrogens is 362 g/mol. The monoisotopic (exact) mass is 381 g/mol. The van der Waals surface area contributed by atoms with E-state index in [1.165, 1.54) is 30.3 Å². The van der Waals surface area contributed by atoms with Crippen molar-refractivity contribution < 1.29 is 22.4 Å². The van der Waals surface area contributed by atoms with Crippen molar-refractivity contribution in [1.29, 1.82) is 0 Å². The van der Waals surface area contributed by atoms with Gasteiger partial charge in [-0.25, -0.2) is 4.39 Å². The summed E-state index contributed by atoms with van der Waals surface area (Å²) in [5, 5.41) is 0. The van der Waals surface area contributed by atoms with Crippen LogP contribution in [-0.2, 0) is 11.0 Å². The van der Waals surface area contributed by atoms with Crippen LogP contribution in [0.3, 0.4) is 0 Å². The average molecular weight is 381 g/mol. The van der Waals surface area contributed by atoms with Crippen LogP contribution in [0.4, 0.5) is 23.2 Å². The molecule has 144 valence electrons. The molecule has 27 heavy (non-hydrogen) atoms. The predicted molar refractivity (Wildman–Crippen MR) is 93.6 cm³/mol. The predicted octanol–water partition coefficient (Wildman–Crippen LogP) is 3.19. The number of rotatable bonds is 4. The summed E-state index contributed by atoms with van der Waals surface area (Å²) in [6.07, 6.45) is -4.39. The van der Waals surface area contributed by atoms with E-state index in [2.05, 4.69) is 0 Å². The maximum absolute atomic E-state index is 13.1. The van der Waals surface area contributed by atoms with Crippen LogP contribution >= 0.6 is 0 Å². The minimum absolute atomic E-state index is 0.406. The second-order valence-electron chi connectivity index (χ2n) is 6.43. The fourth-order valence-corrected chi connectivity index (χ4v) is 3.32. The Labute approximate surface area is 154 Å². The van der Waals surface area contributed by atoms with Gasteiger partial charge in [0.15, 0.2) is 0 Å². The normalized spacial score (nSPS) is 17.0. The van der Waals surface area contributed by atoms with E-state index in [4.69, 9.17) is 5.73 Å². The second kappa shape index (κ2) is 7.56. The molecule has 8 heteroatoms. The first-order valence-electron chi connectivity index (χ1n) is 8.47. The van der Waals surface area contributed by atoms with Crippen molar-refractivity contribution in [3.8, 4) is 0 Å². The summed E-state index contributed by atoms with van der Waals surface area (Å²) in [5.41, 5.74) is 5.93. The van der Waals surface area contributed by atoms with Gasteiger partial charge < -0.3 is 10.6 Å². The Kier molecular flexibility index (Phi) is 5.36. The summed E-state index contributed by atoms with van der Waals surface area (Å²) < 4.78 is 51.8. The molecule has 1 aliphatic rings. The first-order valence-corrected chi connectivity index (χ1v) is 8.47. The number of carbonyl (C=O) groups excluding carboxylic acids is 1. The Morgan fingerprint density at radius 1 is 1.00 bits per heavy atom. The Hall–Kier alpha value is -2.61. The molecule has 1 saturated heterocycles. The van der Waals surface area contributed by atoms with Gasteiger partial charge in [0, 0.05) is 31.9 Å². The van der Waals surface area contributed by atoms with E-state index in [1.807, 2.05) is 9.80 Å². The Balaban J connectivity index is 1.72. The highest BCUT2D eigenvalue weighted by Gasteiger charge is 2.32. The zero-order valence-electron chi connectivity index (χ0n) is 14.4. The second-order valence-corrected chi connectivity index (χ2v) is 6.43. The van der Waals surface area contributed by atoms with E-state index in [0.29, 0.717) is 37.4 Å². The van der Waals surface area contributed by atoms with Gasteiger partial charge in [-0.3, -0.25) is 9.69 Å². The summed E-state index contributed by atoms with van der Waals surface area (Å²) in [6, 6.07) is 10.1. The van der Waals surface area contributed by atoms with Crippen LogP contribution in [0.2, 0.25) is 0 Å². The summed E-state index contributed by atoms with van der Waals surface area (Å²) >= 11 is 0. The molecular formula is C19H19F4N3O. The zero-order chi connectivity index (χ0) is 19.6. The van der Waals surface area contributed by atoms with Crippen molar-refractivity contribution in [2.45, 2.75) is 12.2 Å². The summed E-state index contributed by atoms with van der Waals surface area (Å²) in [4.78, 5) is 15.6. The van der Waals surface area contributed by atoms with Crippen LogP contribution in [0.1, 0.15) is 17.2 Å². The number of benzene rings is 2. The van der Waals surface area contributed by atoms with Gasteiger partial charge >= 0.3 is 6.18 Å². The van der Waals surface area contributed by atoms with Crippen LogP contribution < -0.4 is 10.6 Å². The van der Waals surface area contributed by atoms with Crippen LogP contribution in [0, 0.1) is 5.82 Å². The number of alkyl halides is 3. The molecule has 1 heterocycles. The molecule has 0 bridgehead atoms.